The zero-order valence-corrected chi connectivity index (χ0v) is 25.0. The van der Waals surface area contributed by atoms with Crippen LogP contribution in [-0.2, 0) is 19.1 Å². The number of allylic oxidation sites excluding steroid dienone is 1. The molecule has 2 atom stereocenters. The van der Waals surface area contributed by atoms with Gasteiger partial charge in [-0.1, -0.05) is 24.8 Å². The van der Waals surface area contributed by atoms with Crippen molar-refractivity contribution in [3.63, 3.8) is 0 Å². The molecular formula is C34H43N5O4. The standard InChI is InChI=1S/C34H43N5O4/c1-24-7-8-29-26(20-39(33(29)42)30-9-10-31(40)35-32(30)41)22-43-23-28-21-36(15-16-38(24)28)19-25-17-34(18-25)11-13-37(14-12-34)27-5-3-2-4-6-27/h2-8,25,28,30H,1,9-23H2,(H,35,40,41)/b8-7-. The van der Waals surface area contributed by atoms with E-state index in [2.05, 4.69) is 56.9 Å². The molecule has 1 saturated carbocycles. The van der Waals surface area contributed by atoms with Crippen molar-refractivity contribution >= 4 is 23.4 Å². The molecule has 6 aliphatic rings. The van der Waals surface area contributed by atoms with Crippen molar-refractivity contribution in [2.45, 2.75) is 50.6 Å². The summed E-state index contributed by atoms with van der Waals surface area (Å²) in [7, 11) is 0. The number of piperazine rings is 1. The predicted octanol–water partition coefficient (Wildman–Crippen LogP) is 2.71. The molecule has 1 aromatic carbocycles. The van der Waals surface area contributed by atoms with Gasteiger partial charge in [0.15, 0.2) is 0 Å². The molecule has 0 bridgehead atoms. The van der Waals surface area contributed by atoms with Gasteiger partial charge in [-0.2, -0.15) is 0 Å². The molecule has 5 aliphatic heterocycles. The lowest BCUT2D eigenvalue weighted by atomic mass is 9.57. The van der Waals surface area contributed by atoms with Gasteiger partial charge in [0.1, 0.15) is 6.04 Å². The van der Waals surface area contributed by atoms with E-state index in [4.69, 9.17) is 4.74 Å². The molecule has 1 aliphatic carbocycles. The van der Waals surface area contributed by atoms with E-state index in [9.17, 15) is 14.4 Å². The topological polar surface area (TPSA) is 85.4 Å². The molecule has 3 amide bonds. The number of carbonyl (C=O) groups excluding carboxylic acids is 3. The van der Waals surface area contributed by atoms with Crippen LogP contribution in [0.5, 0.6) is 0 Å². The van der Waals surface area contributed by atoms with Gasteiger partial charge in [0.05, 0.1) is 19.3 Å². The third-order valence-electron chi connectivity index (χ3n) is 10.7. The number of fused-ring (bicyclic) bond motifs is 1. The van der Waals surface area contributed by atoms with Crippen LogP contribution in [-0.4, -0.2) is 104 Å². The molecule has 1 aromatic rings. The van der Waals surface area contributed by atoms with E-state index in [-0.39, 0.29) is 24.3 Å². The molecule has 4 fully saturated rings. The van der Waals surface area contributed by atoms with Gasteiger partial charge in [-0.25, -0.2) is 0 Å². The van der Waals surface area contributed by atoms with Crippen LogP contribution >= 0.6 is 0 Å². The first-order valence-electron chi connectivity index (χ1n) is 16.0. The summed E-state index contributed by atoms with van der Waals surface area (Å²) in [6, 6.07) is 10.4. The molecule has 43 heavy (non-hydrogen) atoms. The number of hydrogen-bond acceptors (Lipinski definition) is 7. The SMILES string of the molecule is C=C1/C=C\C2=C(COCC3CN(CC4CC5(CCN(c6ccccc6)CC5)C4)CCN13)CN(C1CCC(=O)NC1=O)C2=O. The van der Waals surface area contributed by atoms with Gasteiger partial charge >= 0.3 is 0 Å². The number of rotatable bonds is 4. The maximum Gasteiger partial charge on any atom is 0.254 e. The lowest BCUT2D eigenvalue weighted by molar-refractivity contribution is -0.142. The molecule has 3 saturated heterocycles. The quantitative estimate of drug-likeness (QED) is 0.544. The van der Waals surface area contributed by atoms with Gasteiger partial charge in [-0.15, -0.1) is 0 Å². The number of piperidine rings is 2. The molecular weight excluding hydrogens is 542 g/mol. The number of anilines is 1. The van der Waals surface area contributed by atoms with Crippen LogP contribution in [0.25, 0.3) is 0 Å². The number of benzene rings is 1. The third kappa shape index (κ3) is 5.65. The van der Waals surface area contributed by atoms with Gasteiger partial charge in [0, 0.05) is 69.2 Å². The van der Waals surface area contributed by atoms with Crippen LogP contribution in [0.1, 0.15) is 38.5 Å². The van der Waals surface area contributed by atoms with Gasteiger partial charge in [0.2, 0.25) is 11.8 Å². The highest BCUT2D eigenvalue weighted by atomic mass is 16.5. The maximum atomic E-state index is 13.3. The van der Waals surface area contributed by atoms with E-state index in [1.165, 1.54) is 44.5 Å². The first-order chi connectivity index (χ1) is 20.9. The summed E-state index contributed by atoms with van der Waals surface area (Å²) in [6.45, 7) is 12.0. The highest BCUT2D eigenvalue weighted by Crippen LogP contribution is 2.53. The van der Waals surface area contributed by atoms with Gasteiger partial charge < -0.3 is 19.4 Å². The lowest BCUT2D eigenvalue weighted by Gasteiger charge is -2.54. The second-order valence-corrected chi connectivity index (χ2v) is 13.5. The molecule has 7 rings (SSSR count). The summed E-state index contributed by atoms with van der Waals surface area (Å²) in [4.78, 5) is 46.5. The number of hydrogen-bond donors (Lipinski definition) is 1. The van der Waals surface area contributed by atoms with E-state index >= 15 is 0 Å². The Hall–Kier alpha value is -3.43. The Morgan fingerprint density at radius 1 is 0.977 bits per heavy atom. The second-order valence-electron chi connectivity index (χ2n) is 13.5. The van der Waals surface area contributed by atoms with Crippen molar-refractivity contribution in [1.82, 2.24) is 20.0 Å². The average Bonchev–Trinajstić information content (AvgIpc) is 3.30. The average molecular weight is 586 g/mol. The Morgan fingerprint density at radius 3 is 2.53 bits per heavy atom. The first-order valence-corrected chi connectivity index (χ1v) is 16.0. The minimum absolute atomic E-state index is 0.178. The van der Waals surface area contributed by atoms with Crippen molar-refractivity contribution in [2.24, 2.45) is 11.3 Å². The zero-order chi connectivity index (χ0) is 29.6. The normalized spacial score (nSPS) is 29.3. The molecule has 1 spiro atoms. The Bertz CT molecular complexity index is 1340. The minimum atomic E-state index is -0.624. The largest absolute Gasteiger partial charge is 0.375 e. The number of nitrogens with zero attached hydrogens (tertiary/aromatic N) is 4. The van der Waals surface area contributed by atoms with Crippen LogP contribution in [0.3, 0.4) is 0 Å². The van der Waals surface area contributed by atoms with Crippen LogP contribution < -0.4 is 10.2 Å². The van der Waals surface area contributed by atoms with Gasteiger partial charge in [0.25, 0.3) is 5.91 Å². The van der Waals surface area contributed by atoms with Crippen molar-refractivity contribution in [3.8, 4) is 0 Å². The Labute approximate surface area is 254 Å². The number of carbonyl (C=O) groups is 3. The van der Waals surface area contributed by atoms with E-state index in [1.807, 2.05) is 12.2 Å². The predicted molar refractivity (Wildman–Crippen MR) is 164 cm³/mol. The number of amides is 3. The van der Waals surface area contributed by atoms with Crippen LogP contribution in [0.15, 0.2) is 65.9 Å². The molecule has 0 aromatic heterocycles. The van der Waals surface area contributed by atoms with Crippen molar-refractivity contribution in [1.29, 1.82) is 0 Å². The molecule has 1 N–H and O–H groups in total. The molecule has 228 valence electrons. The van der Waals surface area contributed by atoms with E-state index in [0.29, 0.717) is 37.2 Å². The fourth-order valence-electron chi connectivity index (χ4n) is 8.36. The zero-order valence-electron chi connectivity index (χ0n) is 25.0. The fraction of sp³-hybridized carbons (Fsp3) is 0.559. The number of imide groups is 1. The highest BCUT2D eigenvalue weighted by molar-refractivity contribution is 6.06. The number of para-hydroxylation sites is 1. The Balaban J connectivity index is 0.922. The number of nitrogens with one attached hydrogen (secondary N) is 1. The summed E-state index contributed by atoms with van der Waals surface area (Å²) in [5, 5.41) is 2.38. The maximum absolute atomic E-state index is 13.3. The minimum Gasteiger partial charge on any atom is -0.375 e. The first kappa shape index (κ1) is 28.3. The van der Waals surface area contributed by atoms with Crippen molar-refractivity contribution in [3.05, 3.63) is 65.9 Å². The Morgan fingerprint density at radius 2 is 1.77 bits per heavy atom. The van der Waals surface area contributed by atoms with Gasteiger partial charge in [-0.3, -0.25) is 24.6 Å². The molecule has 2 unspecified atom stereocenters. The van der Waals surface area contributed by atoms with Crippen molar-refractivity contribution in [2.75, 3.05) is 63.9 Å². The fourth-order valence-corrected chi connectivity index (χ4v) is 8.36. The number of ether oxygens (including phenoxy) is 1. The van der Waals surface area contributed by atoms with Crippen molar-refractivity contribution < 1.29 is 19.1 Å². The van der Waals surface area contributed by atoms with Crippen LogP contribution in [0, 0.1) is 11.3 Å². The summed E-state index contributed by atoms with van der Waals surface area (Å²) in [5.74, 6) is -0.0774. The summed E-state index contributed by atoms with van der Waals surface area (Å²) >= 11 is 0. The highest BCUT2D eigenvalue weighted by Gasteiger charge is 2.46. The van der Waals surface area contributed by atoms with E-state index in [1.54, 1.807) is 4.90 Å². The molecule has 5 heterocycles. The summed E-state index contributed by atoms with van der Waals surface area (Å²) in [5.41, 5.74) is 4.26. The lowest BCUT2D eigenvalue weighted by Crippen LogP contribution is -2.56. The van der Waals surface area contributed by atoms with E-state index < -0.39 is 11.9 Å². The monoisotopic (exact) mass is 585 g/mol. The van der Waals surface area contributed by atoms with E-state index in [0.717, 1.165) is 43.4 Å². The van der Waals surface area contributed by atoms with Crippen LogP contribution in [0.2, 0.25) is 0 Å². The molecule has 9 nitrogen and oxygen atoms in total. The Kier molecular flexibility index (Phi) is 7.63. The molecule has 9 heteroatoms. The third-order valence-corrected chi connectivity index (χ3v) is 10.7. The van der Waals surface area contributed by atoms with Crippen LogP contribution in [0.4, 0.5) is 5.69 Å². The van der Waals surface area contributed by atoms with Gasteiger partial charge in [-0.05, 0) is 73.3 Å². The smallest absolute Gasteiger partial charge is 0.254 e. The molecule has 0 radical (unpaired) electrons. The summed E-state index contributed by atoms with van der Waals surface area (Å²) in [6.07, 6.45) is 9.70. The summed E-state index contributed by atoms with van der Waals surface area (Å²) < 4.78 is 6.26. The second kappa shape index (κ2) is 11.6.